The molecule has 0 radical (unpaired) electrons. The van der Waals surface area contributed by atoms with E-state index in [9.17, 15) is 22.0 Å². The SMILES string of the molecule is O=c1c(S(=O)(=O)c2ccc(F)c(Cl)c2)c[nH]c2c(F)c(Cl)ccc12. The molecule has 9 heteroatoms. The number of aromatic amines is 1. The second-order valence-electron chi connectivity index (χ2n) is 4.85. The highest BCUT2D eigenvalue weighted by molar-refractivity contribution is 7.91. The van der Waals surface area contributed by atoms with E-state index in [-0.39, 0.29) is 20.8 Å². The van der Waals surface area contributed by atoms with E-state index in [4.69, 9.17) is 23.2 Å². The topological polar surface area (TPSA) is 67.0 Å². The molecule has 0 atom stereocenters. The van der Waals surface area contributed by atoms with Crippen LogP contribution in [-0.4, -0.2) is 13.4 Å². The molecule has 0 bridgehead atoms. The van der Waals surface area contributed by atoms with Gasteiger partial charge in [-0.3, -0.25) is 4.79 Å². The molecular weight excluding hydrogens is 383 g/mol. The summed E-state index contributed by atoms with van der Waals surface area (Å²) in [6.45, 7) is 0. The third kappa shape index (κ3) is 2.58. The fourth-order valence-corrected chi connectivity index (χ4v) is 3.93. The monoisotopic (exact) mass is 389 g/mol. The third-order valence-electron chi connectivity index (χ3n) is 3.40. The van der Waals surface area contributed by atoms with Crippen LogP contribution in [0.5, 0.6) is 0 Å². The molecule has 0 spiro atoms. The van der Waals surface area contributed by atoms with Gasteiger partial charge in [-0.15, -0.1) is 0 Å². The number of hydrogen-bond acceptors (Lipinski definition) is 3. The Labute approximate surface area is 144 Å². The third-order valence-corrected chi connectivity index (χ3v) is 5.74. The zero-order valence-electron chi connectivity index (χ0n) is 11.6. The van der Waals surface area contributed by atoms with Gasteiger partial charge in [0.25, 0.3) is 0 Å². The van der Waals surface area contributed by atoms with Gasteiger partial charge in [0.15, 0.2) is 5.82 Å². The largest absolute Gasteiger partial charge is 0.357 e. The van der Waals surface area contributed by atoms with E-state index in [2.05, 4.69) is 4.98 Å². The lowest BCUT2D eigenvalue weighted by Crippen LogP contribution is -2.16. The van der Waals surface area contributed by atoms with Crippen LogP contribution in [0.4, 0.5) is 8.78 Å². The summed E-state index contributed by atoms with van der Waals surface area (Å²) in [5, 5.41) is -0.781. The number of halogens is 4. The molecule has 0 aliphatic carbocycles. The predicted molar refractivity (Wildman–Crippen MR) is 86.4 cm³/mol. The van der Waals surface area contributed by atoms with E-state index < -0.39 is 36.8 Å². The van der Waals surface area contributed by atoms with Crippen LogP contribution in [0.2, 0.25) is 10.0 Å². The van der Waals surface area contributed by atoms with Crippen LogP contribution < -0.4 is 5.43 Å². The Kier molecular flexibility index (Phi) is 4.11. The van der Waals surface area contributed by atoms with Crippen LogP contribution in [0.3, 0.4) is 0 Å². The van der Waals surface area contributed by atoms with Crippen molar-refractivity contribution in [2.24, 2.45) is 0 Å². The molecule has 4 nitrogen and oxygen atoms in total. The van der Waals surface area contributed by atoms with Gasteiger partial charge in [0, 0.05) is 11.6 Å². The van der Waals surface area contributed by atoms with Crippen molar-refractivity contribution in [2.45, 2.75) is 9.79 Å². The second-order valence-corrected chi connectivity index (χ2v) is 7.58. The smallest absolute Gasteiger partial charge is 0.211 e. The molecule has 0 saturated carbocycles. The average molecular weight is 390 g/mol. The number of sulfone groups is 1. The lowest BCUT2D eigenvalue weighted by atomic mass is 10.2. The summed E-state index contributed by atoms with van der Waals surface area (Å²) in [6.07, 6.45) is 0.872. The van der Waals surface area contributed by atoms with Crippen molar-refractivity contribution >= 4 is 43.9 Å². The van der Waals surface area contributed by atoms with Crippen molar-refractivity contribution in [1.29, 1.82) is 0 Å². The Morgan fingerprint density at radius 1 is 1.00 bits per heavy atom. The summed E-state index contributed by atoms with van der Waals surface area (Å²) in [4.78, 5) is 13.9. The second kappa shape index (κ2) is 5.84. The van der Waals surface area contributed by atoms with Crippen molar-refractivity contribution in [3.05, 3.63) is 68.4 Å². The van der Waals surface area contributed by atoms with E-state index in [1.807, 2.05) is 0 Å². The molecule has 124 valence electrons. The van der Waals surface area contributed by atoms with E-state index >= 15 is 0 Å². The van der Waals surface area contributed by atoms with Gasteiger partial charge in [-0.2, -0.15) is 0 Å². The molecule has 0 fully saturated rings. The Balaban J connectivity index is 2.29. The molecule has 0 saturated heterocycles. The van der Waals surface area contributed by atoms with Gasteiger partial charge in [0.05, 0.1) is 20.5 Å². The minimum atomic E-state index is -4.27. The first-order valence-electron chi connectivity index (χ1n) is 6.43. The number of nitrogens with one attached hydrogen (secondary N) is 1. The number of pyridine rings is 1. The van der Waals surface area contributed by atoms with Gasteiger partial charge in [-0.25, -0.2) is 17.2 Å². The zero-order valence-corrected chi connectivity index (χ0v) is 13.9. The van der Waals surface area contributed by atoms with Crippen molar-refractivity contribution in [3.8, 4) is 0 Å². The summed E-state index contributed by atoms with van der Waals surface area (Å²) in [5.74, 6) is -1.65. The van der Waals surface area contributed by atoms with E-state index in [0.717, 1.165) is 30.5 Å². The van der Waals surface area contributed by atoms with Gasteiger partial charge in [-0.05, 0) is 30.3 Å². The highest BCUT2D eigenvalue weighted by Crippen LogP contribution is 2.26. The van der Waals surface area contributed by atoms with Crippen LogP contribution >= 0.6 is 23.2 Å². The maximum Gasteiger partial charge on any atom is 0.211 e. The zero-order chi connectivity index (χ0) is 17.6. The molecule has 3 rings (SSSR count). The molecule has 0 aliphatic heterocycles. The van der Waals surface area contributed by atoms with Gasteiger partial charge in [0.2, 0.25) is 15.3 Å². The van der Waals surface area contributed by atoms with Crippen LogP contribution in [0.15, 0.2) is 51.1 Å². The highest BCUT2D eigenvalue weighted by Gasteiger charge is 2.24. The maximum atomic E-state index is 13.9. The molecule has 1 aromatic heterocycles. The summed E-state index contributed by atoms with van der Waals surface area (Å²) in [6, 6.07) is 5.14. The minimum absolute atomic E-state index is 0.175. The molecule has 0 amide bonds. The van der Waals surface area contributed by atoms with Crippen LogP contribution in [0.1, 0.15) is 0 Å². The number of H-pyrrole nitrogens is 1. The standard InChI is InChI=1S/C15H7Cl2F2NO3S/c16-9-3-2-8-14(13(9)19)20-6-12(15(8)21)24(22,23)7-1-4-11(18)10(17)5-7/h1-6H,(H,20,21). The molecule has 2 aromatic carbocycles. The van der Waals surface area contributed by atoms with E-state index in [1.165, 1.54) is 6.07 Å². The molecule has 0 unspecified atom stereocenters. The van der Waals surface area contributed by atoms with Gasteiger partial charge < -0.3 is 4.98 Å². The van der Waals surface area contributed by atoms with E-state index in [1.54, 1.807) is 0 Å². The first-order valence-corrected chi connectivity index (χ1v) is 8.67. The Morgan fingerprint density at radius 3 is 2.38 bits per heavy atom. The molecular formula is C15H7Cl2F2NO3S. The normalized spacial score (nSPS) is 11.8. The lowest BCUT2D eigenvalue weighted by Gasteiger charge is -2.07. The molecule has 1 N–H and O–H groups in total. The van der Waals surface area contributed by atoms with Gasteiger partial charge >= 0.3 is 0 Å². The fraction of sp³-hybridized carbons (Fsp3) is 0. The number of hydrogen-bond donors (Lipinski definition) is 1. The van der Waals surface area contributed by atoms with Gasteiger partial charge in [-0.1, -0.05) is 23.2 Å². The van der Waals surface area contributed by atoms with Crippen molar-refractivity contribution in [3.63, 3.8) is 0 Å². The number of fused-ring (bicyclic) bond motifs is 1. The van der Waals surface area contributed by atoms with E-state index in [0.29, 0.717) is 0 Å². The Morgan fingerprint density at radius 2 is 1.71 bits per heavy atom. The quantitative estimate of drug-likeness (QED) is 0.674. The van der Waals surface area contributed by atoms with Crippen molar-refractivity contribution < 1.29 is 17.2 Å². The number of rotatable bonds is 2. The van der Waals surface area contributed by atoms with Crippen molar-refractivity contribution in [2.75, 3.05) is 0 Å². The molecule has 1 heterocycles. The Hall–Kier alpha value is -1.96. The fourth-order valence-electron chi connectivity index (χ4n) is 2.19. The summed E-state index contributed by atoms with van der Waals surface area (Å²) < 4.78 is 52.3. The summed E-state index contributed by atoms with van der Waals surface area (Å²) >= 11 is 11.2. The molecule has 3 aromatic rings. The first kappa shape index (κ1) is 16.9. The maximum absolute atomic E-state index is 13.9. The number of benzene rings is 2. The first-order chi connectivity index (χ1) is 11.2. The number of aromatic nitrogens is 1. The summed E-state index contributed by atoms with van der Waals surface area (Å²) in [5.41, 5.74) is -1.11. The molecule has 0 aliphatic rings. The average Bonchev–Trinajstić information content (AvgIpc) is 2.53. The Bertz CT molecular complexity index is 1140. The lowest BCUT2D eigenvalue weighted by molar-refractivity contribution is 0.593. The summed E-state index contributed by atoms with van der Waals surface area (Å²) in [7, 11) is -4.27. The van der Waals surface area contributed by atoms with Crippen LogP contribution in [-0.2, 0) is 9.84 Å². The van der Waals surface area contributed by atoms with Gasteiger partial charge in [0.1, 0.15) is 10.7 Å². The predicted octanol–water partition coefficient (Wildman–Crippen LogP) is 3.95. The minimum Gasteiger partial charge on any atom is -0.357 e. The van der Waals surface area contributed by atoms with Crippen LogP contribution in [0.25, 0.3) is 10.9 Å². The highest BCUT2D eigenvalue weighted by atomic mass is 35.5. The van der Waals surface area contributed by atoms with Crippen LogP contribution in [0, 0.1) is 11.6 Å². The molecule has 24 heavy (non-hydrogen) atoms. The van der Waals surface area contributed by atoms with Crippen molar-refractivity contribution in [1.82, 2.24) is 4.98 Å².